The Balaban J connectivity index is 1.27. The van der Waals surface area contributed by atoms with Crippen molar-refractivity contribution in [3.05, 3.63) is 89.0 Å². The third-order valence-corrected chi connectivity index (χ3v) is 6.67. The Hall–Kier alpha value is -4.13. The number of fused-ring (bicyclic) bond motifs is 3. The number of carbonyl (C=O) groups excluding carboxylic acids is 2. The van der Waals surface area contributed by atoms with Gasteiger partial charge in [0, 0.05) is 17.2 Å². The van der Waals surface area contributed by atoms with E-state index >= 15 is 0 Å². The number of nitrogens with one attached hydrogen (secondary N) is 2. The molecule has 0 spiro atoms. The van der Waals surface area contributed by atoms with Gasteiger partial charge >= 0.3 is 12.1 Å². The zero-order valence-corrected chi connectivity index (χ0v) is 18.6. The standard InChI is InChI=1S/C27H24N2O5/c1-16-17(24(30)29-27(13-14-27)25(31)32)11-6-12-23(16)28-26(33)34-15-22-20-9-4-2-7-18(20)19-8-3-5-10-21(19)22/h2-12,22H,13-15H2,1H3,(H,28,33)(H,29,30)(H,31,32). The van der Waals surface area contributed by atoms with E-state index in [1.807, 2.05) is 24.3 Å². The average molecular weight is 456 g/mol. The fraction of sp³-hybridized carbons (Fsp3) is 0.222. The van der Waals surface area contributed by atoms with Crippen molar-refractivity contribution in [3.8, 4) is 11.1 Å². The molecule has 2 aliphatic carbocycles. The summed E-state index contributed by atoms with van der Waals surface area (Å²) in [7, 11) is 0. The first kappa shape index (κ1) is 21.7. The number of amides is 2. The second kappa shape index (κ2) is 8.33. The molecule has 0 heterocycles. The highest BCUT2D eigenvalue weighted by atomic mass is 16.5. The smallest absolute Gasteiger partial charge is 0.411 e. The molecule has 0 aliphatic heterocycles. The molecule has 0 aromatic heterocycles. The summed E-state index contributed by atoms with van der Waals surface area (Å²) in [4.78, 5) is 36.7. The number of benzene rings is 3. The van der Waals surface area contributed by atoms with Crippen LogP contribution in [0, 0.1) is 6.92 Å². The number of hydrogen-bond donors (Lipinski definition) is 3. The van der Waals surface area contributed by atoms with Crippen molar-refractivity contribution in [2.75, 3.05) is 11.9 Å². The first-order valence-corrected chi connectivity index (χ1v) is 11.2. The van der Waals surface area contributed by atoms with Crippen LogP contribution in [-0.2, 0) is 9.53 Å². The molecule has 2 amide bonds. The number of carboxylic acids is 1. The molecule has 0 bridgehead atoms. The maximum absolute atomic E-state index is 12.7. The number of ether oxygens (including phenoxy) is 1. The predicted molar refractivity (Wildman–Crippen MR) is 127 cm³/mol. The number of hydrogen-bond acceptors (Lipinski definition) is 4. The molecule has 3 aromatic rings. The van der Waals surface area contributed by atoms with Gasteiger partial charge in [0.05, 0.1) is 0 Å². The highest BCUT2D eigenvalue weighted by Crippen LogP contribution is 2.44. The fourth-order valence-corrected chi connectivity index (χ4v) is 4.56. The van der Waals surface area contributed by atoms with Crippen LogP contribution in [0.5, 0.6) is 0 Å². The number of carboxylic acid groups (broad SMARTS) is 1. The highest BCUT2D eigenvalue weighted by Gasteiger charge is 2.51. The Morgan fingerprint density at radius 3 is 2.15 bits per heavy atom. The van der Waals surface area contributed by atoms with E-state index in [4.69, 9.17) is 4.74 Å². The molecule has 3 aromatic carbocycles. The summed E-state index contributed by atoms with van der Waals surface area (Å²) >= 11 is 0. The lowest BCUT2D eigenvalue weighted by Crippen LogP contribution is -2.43. The Morgan fingerprint density at radius 2 is 1.56 bits per heavy atom. The largest absolute Gasteiger partial charge is 0.480 e. The topological polar surface area (TPSA) is 105 Å². The minimum atomic E-state index is -1.18. The average Bonchev–Trinajstić information content (AvgIpc) is 3.55. The Labute approximate surface area is 196 Å². The summed E-state index contributed by atoms with van der Waals surface area (Å²) in [5.41, 5.74) is 4.65. The molecule has 5 rings (SSSR count). The van der Waals surface area contributed by atoms with E-state index in [1.54, 1.807) is 25.1 Å². The summed E-state index contributed by atoms with van der Waals surface area (Å²) < 4.78 is 5.59. The molecule has 0 saturated heterocycles. The minimum absolute atomic E-state index is 0.0536. The summed E-state index contributed by atoms with van der Waals surface area (Å²) in [5, 5.41) is 14.6. The fourth-order valence-electron chi connectivity index (χ4n) is 4.56. The Kier molecular flexibility index (Phi) is 5.32. The van der Waals surface area contributed by atoms with Crippen LogP contribution in [-0.4, -0.2) is 35.2 Å². The third-order valence-electron chi connectivity index (χ3n) is 6.67. The van der Waals surface area contributed by atoms with E-state index in [9.17, 15) is 19.5 Å². The van der Waals surface area contributed by atoms with Gasteiger partial charge in [-0.1, -0.05) is 54.6 Å². The minimum Gasteiger partial charge on any atom is -0.480 e. The third kappa shape index (κ3) is 3.79. The van der Waals surface area contributed by atoms with Gasteiger partial charge in [0.25, 0.3) is 5.91 Å². The van der Waals surface area contributed by atoms with Crippen LogP contribution in [0.3, 0.4) is 0 Å². The van der Waals surface area contributed by atoms with Gasteiger partial charge in [-0.05, 0) is 59.7 Å². The Morgan fingerprint density at radius 1 is 0.941 bits per heavy atom. The first-order chi connectivity index (χ1) is 16.4. The van der Waals surface area contributed by atoms with Crippen molar-refractivity contribution < 1.29 is 24.2 Å². The highest BCUT2D eigenvalue weighted by molar-refractivity contribution is 6.01. The van der Waals surface area contributed by atoms with E-state index < -0.39 is 23.5 Å². The molecular weight excluding hydrogens is 432 g/mol. The monoisotopic (exact) mass is 456 g/mol. The number of aliphatic carboxylic acids is 1. The second-order valence-electron chi connectivity index (χ2n) is 8.77. The van der Waals surface area contributed by atoms with Crippen LogP contribution in [0.4, 0.5) is 10.5 Å². The Bertz CT molecular complexity index is 1270. The second-order valence-corrected chi connectivity index (χ2v) is 8.77. The quantitative estimate of drug-likeness (QED) is 0.499. The van der Waals surface area contributed by atoms with E-state index in [0.717, 1.165) is 22.3 Å². The summed E-state index contributed by atoms with van der Waals surface area (Å²) in [6.07, 6.45) is 0.196. The maximum atomic E-state index is 12.7. The molecule has 3 N–H and O–H groups in total. The molecule has 7 nitrogen and oxygen atoms in total. The van der Waals surface area contributed by atoms with Gasteiger partial charge in [0.1, 0.15) is 12.1 Å². The van der Waals surface area contributed by atoms with Gasteiger partial charge in [-0.15, -0.1) is 0 Å². The van der Waals surface area contributed by atoms with E-state index in [1.165, 1.54) is 0 Å². The molecule has 34 heavy (non-hydrogen) atoms. The maximum Gasteiger partial charge on any atom is 0.411 e. The van der Waals surface area contributed by atoms with Crippen LogP contribution in [0.1, 0.15) is 45.8 Å². The van der Waals surface area contributed by atoms with Crippen molar-refractivity contribution >= 4 is 23.7 Å². The first-order valence-electron chi connectivity index (χ1n) is 11.2. The molecular formula is C27H24N2O5. The van der Waals surface area contributed by atoms with Gasteiger partial charge < -0.3 is 15.2 Å². The van der Waals surface area contributed by atoms with Crippen molar-refractivity contribution in [2.24, 2.45) is 0 Å². The van der Waals surface area contributed by atoms with Gasteiger partial charge in [0.15, 0.2) is 0 Å². The zero-order chi connectivity index (χ0) is 23.9. The predicted octanol–water partition coefficient (Wildman–Crippen LogP) is 4.70. The molecule has 1 fully saturated rings. The van der Waals surface area contributed by atoms with Crippen molar-refractivity contribution in [2.45, 2.75) is 31.2 Å². The molecule has 172 valence electrons. The van der Waals surface area contributed by atoms with Crippen molar-refractivity contribution in [1.29, 1.82) is 0 Å². The van der Waals surface area contributed by atoms with Crippen LogP contribution < -0.4 is 10.6 Å². The summed E-state index contributed by atoms with van der Waals surface area (Å²) in [5.74, 6) is -1.57. The van der Waals surface area contributed by atoms with Crippen molar-refractivity contribution in [3.63, 3.8) is 0 Å². The number of anilines is 1. The molecule has 0 unspecified atom stereocenters. The zero-order valence-electron chi connectivity index (χ0n) is 18.6. The normalized spacial score (nSPS) is 15.1. The SMILES string of the molecule is Cc1c(NC(=O)OCC2c3ccccc3-c3ccccc32)cccc1C(=O)NC1(C(=O)O)CC1. The molecule has 7 heteroatoms. The van der Waals surface area contributed by atoms with Gasteiger partial charge in [0.2, 0.25) is 0 Å². The van der Waals surface area contributed by atoms with Crippen LogP contribution >= 0.6 is 0 Å². The lowest BCUT2D eigenvalue weighted by atomic mass is 9.98. The van der Waals surface area contributed by atoms with Gasteiger partial charge in [-0.25, -0.2) is 9.59 Å². The van der Waals surface area contributed by atoms with Gasteiger partial charge in [-0.2, -0.15) is 0 Å². The van der Waals surface area contributed by atoms with Crippen molar-refractivity contribution in [1.82, 2.24) is 5.32 Å². The lowest BCUT2D eigenvalue weighted by Gasteiger charge is -2.17. The van der Waals surface area contributed by atoms with E-state index in [0.29, 0.717) is 29.7 Å². The van der Waals surface area contributed by atoms with Gasteiger partial charge in [-0.3, -0.25) is 10.1 Å². The number of rotatable bonds is 6. The van der Waals surface area contributed by atoms with E-state index in [2.05, 4.69) is 34.9 Å². The molecule has 1 saturated carbocycles. The van der Waals surface area contributed by atoms with Crippen LogP contribution in [0.15, 0.2) is 66.7 Å². The summed E-state index contributed by atoms with van der Waals surface area (Å²) in [6, 6.07) is 21.1. The summed E-state index contributed by atoms with van der Waals surface area (Å²) in [6.45, 7) is 1.88. The number of carbonyl (C=O) groups is 3. The molecule has 2 aliphatic rings. The van der Waals surface area contributed by atoms with Crippen LogP contribution in [0.25, 0.3) is 11.1 Å². The molecule has 0 radical (unpaired) electrons. The van der Waals surface area contributed by atoms with E-state index in [-0.39, 0.29) is 12.5 Å². The lowest BCUT2D eigenvalue weighted by molar-refractivity contribution is -0.140. The molecule has 0 atom stereocenters. The van der Waals surface area contributed by atoms with Crippen LogP contribution in [0.2, 0.25) is 0 Å².